The van der Waals surface area contributed by atoms with Crippen LogP contribution < -0.4 is 5.32 Å². The first-order valence-corrected chi connectivity index (χ1v) is 9.64. The SMILES string of the molecule is CC1C(=O)NC(C2CCCCC2)C(=O)N1CCCS(C)=O. The summed E-state index contributed by atoms with van der Waals surface area (Å²) in [5, 5.41) is 2.92. The Hall–Kier alpha value is -0.910. The van der Waals surface area contributed by atoms with Crippen LogP contribution in [0, 0.1) is 5.92 Å². The molecule has 0 aromatic carbocycles. The van der Waals surface area contributed by atoms with Gasteiger partial charge in [-0.3, -0.25) is 13.8 Å². The molecule has 0 bridgehead atoms. The molecule has 2 rings (SSSR count). The highest BCUT2D eigenvalue weighted by Crippen LogP contribution is 2.29. The minimum Gasteiger partial charge on any atom is -0.342 e. The third-order valence-corrected chi connectivity index (χ3v) is 5.51. The summed E-state index contributed by atoms with van der Waals surface area (Å²) in [5.74, 6) is 0.857. The summed E-state index contributed by atoms with van der Waals surface area (Å²) in [6, 6.07) is -0.760. The van der Waals surface area contributed by atoms with E-state index < -0.39 is 16.8 Å². The second-order valence-corrected chi connectivity index (χ2v) is 7.78. The Bertz CT molecular complexity index is 421. The highest BCUT2D eigenvalue weighted by Gasteiger charge is 2.41. The van der Waals surface area contributed by atoms with Crippen molar-refractivity contribution in [3.05, 3.63) is 0 Å². The summed E-state index contributed by atoms with van der Waals surface area (Å²) in [4.78, 5) is 26.5. The zero-order valence-electron chi connectivity index (χ0n) is 13.0. The summed E-state index contributed by atoms with van der Waals surface area (Å²) in [6.45, 7) is 2.30. The fourth-order valence-corrected chi connectivity index (χ4v) is 3.91. The number of hydrogen-bond acceptors (Lipinski definition) is 3. The molecule has 5 nitrogen and oxygen atoms in total. The van der Waals surface area contributed by atoms with Crippen molar-refractivity contribution >= 4 is 22.6 Å². The number of carbonyl (C=O) groups excluding carboxylic acids is 2. The molecule has 2 amide bonds. The Labute approximate surface area is 129 Å². The molecule has 2 aliphatic rings. The Morgan fingerprint density at radius 2 is 1.90 bits per heavy atom. The van der Waals surface area contributed by atoms with Gasteiger partial charge in [-0.05, 0) is 32.1 Å². The van der Waals surface area contributed by atoms with Gasteiger partial charge in [0.05, 0.1) is 0 Å². The highest BCUT2D eigenvalue weighted by atomic mass is 32.2. The molecule has 6 heteroatoms. The Balaban J connectivity index is 2.01. The van der Waals surface area contributed by atoms with Crippen LogP contribution in [0.15, 0.2) is 0 Å². The van der Waals surface area contributed by atoms with Crippen molar-refractivity contribution in [3.63, 3.8) is 0 Å². The van der Waals surface area contributed by atoms with E-state index in [9.17, 15) is 13.8 Å². The molecule has 1 N–H and O–H groups in total. The molecule has 120 valence electrons. The van der Waals surface area contributed by atoms with Gasteiger partial charge in [0.2, 0.25) is 11.8 Å². The van der Waals surface area contributed by atoms with Gasteiger partial charge in [-0.25, -0.2) is 0 Å². The molecule has 3 unspecified atom stereocenters. The summed E-state index contributed by atoms with van der Waals surface area (Å²) in [6.07, 6.45) is 7.93. The van der Waals surface area contributed by atoms with E-state index in [-0.39, 0.29) is 23.8 Å². The van der Waals surface area contributed by atoms with E-state index in [0.717, 1.165) is 25.7 Å². The van der Waals surface area contributed by atoms with Crippen LogP contribution in [0.2, 0.25) is 0 Å². The summed E-state index contributed by atoms with van der Waals surface area (Å²) in [7, 11) is -0.853. The fourth-order valence-electron chi connectivity index (χ4n) is 3.38. The van der Waals surface area contributed by atoms with Gasteiger partial charge >= 0.3 is 0 Å². The predicted molar refractivity (Wildman–Crippen MR) is 83.2 cm³/mol. The average molecular weight is 314 g/mol. The van der Waals surface area contributed by atoms with E-state index in [4.69, 9.17) is 0 Å². The van der Waals surface area contributed by atoms with Crippen LogP contribution >= 0.6 is 0 Å². The standard InChI is InChI=1S/C15H26N2O3S/c1-11-14(18)16-13(12-7-4-3-5-8-12)15(19)17(11)9-6-10-21(2)20/h11-13H,3-10H2,1-2H3,(H,16,18). The number of piperazine rings is 1. The van der Waals surface area contributed by atoms with Crippen LogP contribution in [0.4, 0.5) is 0 Å². The Morgan fingerprint density at radius 3 is 2.52 bits per heavy atom. The van der Waals surface area contributed by atoms with Crippen molar-refractivity contribution < 1.29 is 13.8 Å². The van der Waals surface area contributed by atoms with Gasteiger partial charge in [0.1, 0.15) is 12.1 Å². The lowest BCUT2D eigenvalue weighted by Gasteiger charge is -2.41. The molecular weight excluding hydrogens is 288 g/mol. The maximum absolute atomic E-state index is 12.7. The molecule has 2 fully saturated rings. The molecule has 1 saturated carbocycles. The molecule has 1 aliphatic heterocycles. The number of nitrogens with zero attached hydrogens (tertiary/aromatic N) is 1. The van der Waals surface area contributed by atoms with E-state index in [1.807, 2.05) is 0 Å². The van der Waals surface area contributed by atoms with Gasteiger partial charge in [-0.1, -0.05) is 19.3 Å². The molecule has 21 heavy (non-hydrogen) atoms. The lowest BCUT2D eigenvalue weighted by atomic mass is 9.82. The molecular formula is C15H26N2O3S. The minimum absolute atomic E-state index is 0.0517. The van der Waals surface area contributed by atoms with Crippen LogP contribution in [0.3, 0.4) is 0 Å². The summed E-state index contributed by atoms with van der Waals surface area (Å²) >= 11 is 0. The number of carbonyl (C=O) groups is 2. The number of amides is 2. The smallest absolute Gasteiger partial charge is 0.246 e. The minimum atomic E-state index is -0.853. The fraction of sp³-hybridized carbons (Fsp3) is 0.867. The Morgan fingerprint density at radius 1 is 1.24 bits per heavy atom. The lowest BCUT2D eigenvalue weighted by Crippen LogP contribution is -2.64. The first-order valence-electron chi connectivity index (χ1n) is 7.91. The molecule has 0 radical (unpaired) electrons. The predicted octanol–water partition coefficient (Wildman–Crippen LogP) is 1.05. The zero-order valence-corrected chi connectivity index (χ0v) is 13.8. The van der Waals surface area contributed by atoms with Gasteiger partial charge in [0.25, 0.3) is 0 Å². The van der Waals surface area contributed by atoms with Crippen LogP contribution in [-0.2, 0) is 20.4 Å². The zero-order chi connectivity index (χ0) is 15.4. The first-order chi connectivity index (χ1) is 10.0. The molecule has 3 atom stereocenters. The van der Waals surface area contributed by atoms with Crippen LogP contribution in [-0.4, -0.2) is 51.6 Å². The number of nitrogens with one attached hydrogen (secondary N) is 1. The van der Waals surface area contributed by atoms with Crippen LogP contribution in [0.1, 0.15) is 45.4 Å². The highest BCUT2D eigenvalue weighted by molar-refractivity contribution is 7.84. The van der Waals surface area contributed by atoms with Crippen molar-refractivity contribution in [2.75, 3.05) is 18.6 Å². The molecule has 0 aromatic rings. The van der Waals surface area contributed by atoms with Gasteiger partial charge < -0.3 is 10.2 Å². The van der Waals surface area contributed by atoms with Crippen molar-refractivity contribution in [1.29, 1.82) is 0 Å². The normalized spacial score (nSPS) is 29.3. The van der Waals surface area contributed by atoms with Crippen molar-refractivity contribution in [3.8, 4) is 0 Å². The third-order valence-electron chi connectivity index (χ3n) is 4.65. The first kappa shape index (κ1) is 16.5. The maximum Gasteiger partial charge on any atom is 0.246 e. The Kier molecular flexibility index (Phi) is 5.79. The largest absolute Gasteiger partial charge is 0.342 e. The van der Waals surface area contributed by atoms with Crippen molar-refractivity contribution in [2.45, 2.75) is 57.5 Å². The van der Waals surface area contributed by atoms with E-state index in [2.05, 4.69) is 5.32 Å². The lowest BCUT2D eigenvalue weighted by molar-refractivity contribution is -0.150. The van der Waals surface area contributed by atoms with E-state index in [1.54, 1.807) is 18.1 Å². The third kappa shape index (κ3) is 4.05. The second kappa shape index (κ2) is 7.38. The molecule has 0 aromatic heterocycles. The van der Waals surface area contributed by atoms with E-state index in [1.165, 1.54) is 6.42 Å². The summed E-state index contributed by atoms with van der Waals surface area (Å²) in [5.41, 5.74) is 0. The molecule has 1 saturated heterocycles. The molecule has 1 aliphatic carbocycles. The van der Waals surface area contributed by atoms with Crippen molar-refractivity contribution in [2.24, 2.45) is 5.92 Å². The monoisotopic (exact) mass is 314 g/mol. The number of hydrogen-bond donors (Lipinski definition) is 1. The van der Waals surface area contributed by atoms with Gasteiger partial charge in [-0.2, -0.15) is 0 Å². The van der Waals surface area contributed by atoms with E-state index in [0.29, 0.717) is 18.7 Å². The van der Waals surface area contributed by atoms with Crippen molar-refractivity contribution in [1.82, 2.24) is 10.2 Å². The molecule has 0 spiro atoms. The van der Waals surface area contributed by atoms with Crippen LogP contribution in [0.25, 0.3) is 0 Å². The summed E-state index contributed by atoms with van der Waals surface area (Å²) < 4.78 is 11.2. The molecule has 1 heterocycles. The van der Waals surface area contributed by atoms with Gasteiger partial charge in [0.15, 0.2) is 0 Å². The van der Waals surface area contributed by atoms with Crippen LogP contribution in [0.5, 0.6) is 0 Å². The average Bonchev–Trinajstić information content (AvgIpc) is 2.47. The van der Waals surface area contributed by atoms with Gasteiger partial charge in [0, 0.05) is 29.4 Å². The maximum atomic E-state index is 12.7. The second-order valence-electron chi connectivity index (χ2n) is 6.22. The number of rotatable bonds is 5. The topological polar surface area (TPSA) is 66.5 Å². The van der Waals surface area contributed by atoms with E-state index >= 15 is 0 Å². The quantitative estimate of drug-likeness (QED) is 0.825. The van der Waals surface area contributed by atoms with Gasteiger partial charge in [-0.15, -0.1) is 0 Å².